The second-order valence-electron chi connectivity index (χ2n) is 5.60. The van der Waals surface area contributed by atoms with E-state index in [0.717, 1.165) is 0 Å². The van der Waals surface area contributed by atoms with Gasteiger partial charge in [0, 0.05) is 18.6 Å². The summed E-state index contributed by atoms with van der Waals surface area (Å²) in [5.41, 5.74) is 1.20. The standard InChI is InChI=1S/C19H17NO6/c1-3-6-25-12-8-15(22)19-13(20-23)10-17(26-18(19)9-12)11-4-5-16(24-2)14(21)7-11/h1,4-5,7-9,17,21-23H,6,10H2,2H3/b20-13+/t17-/m0/s1. The number of benzene rings is 2. The summed E-state index contributed by atoms with van der Waals surface area (Å²) in [7, 11) is 1.46. The Morgan fingerprint density at radius 2 is 2.08 bits per heavy atom. The molecule has 0 unspecified atom stereocenters. The quantitative estimate of drug-likeness (QED) is 0.443. The van der Waals surface area contributed by atoms with E-state index in [-0.39, 0.29) is 41.6 Å². The Hall–Kier alpha value is -3.53. The number of nitrogens with zero attached hydrogens (tertiary/aromatic N) is 1. The Balaban J connectivity index is 1.99. The predicted octanol–water partition coefficient (Wildman–Crippen LogP) is 2.82. The molecule has 1 heterocycles. The number of fused-ring (bicyclic) bond motifs is 1. The van der Waals surface area contributed by atoms with Crippen molar-refractivity contribution in [2.75, 3.05) is 13.7 Å². The SMILES string of the molecule is C#CCOc1cc(O)c2c(c1)O[C@H](c1ccc(OC)c(O)c1)C/C2=N\O. The van der Waals surface area contributed by atoms with Crippen LogP contribution in [0.4, 0.5) is 0 Å². The smallest absolute Gasteiger partial charge is 0.160 e. The predicted molar refractivity (Wildman–Crippen MR) is 93.4 cm³/mol. The fourth-order valence-corrected chi connectivity index (χ4v) is 2.82. The monoisotopic (exact) mass is 355 g/mol. The third kappa shape index (κ3) is 3.17. The van der Waals surface area contributed by atoms with Crippen LogP contribution in [0.25, 0.3) is 0 Å². The Labute approximate surface area is 150 Å². The van der Waals surface area contributed by atoms with Crippen LogP contribution >= 0.6 is 0 Å². The van der Waals surface area contributed by atoms with Gasteiger partial charge in [0.25, 0.3) is 0 Å². The minimum Gasteiger partial charge on any atom is -0.507 e. The lowest BCUT2D eigenvalue weighted by molar-refractivity contribution is 0.199. The van der Waals surface area contributed by atoms with Crippen molar-refractivity contribution in [3.8, 4) is 41.1 Å². The maximum Gasteiger partial charge on any atom is 0.160 e. The summed E-state index contributed by atoms with van der Waals surface area (Å²) in [4.78, 5) is 0. The van der Waals surface area contributed by atoms with E-state index in [2.05, 4.69) is 11.1 Å². The highest BCUT2D eigenvalue weighted by Crippen LogP contribution is 2.43. The highest BCUT2D eigenvalue weighted by Gasteiger charge is 2.30. The van der Waals surface area contributed by atoms with Gasteiger partial charge in [-0.05, 0) is 17.7 Å². The van der Waals surface area contributed by atoms with Crippen molar-refractivity contribution in [1.29, 1.82) is 0 Å². The van der Waals surface area contributed by atoms with Crippen molar-refractivity contribution in [3.05, 3.63) is 41.5 Å². The number of phenols is 2. The van der Waals surface area contributed by atoms with Crippen LogP contribution in [0.5, 0.6) is 28.7 Å². The largest absolute Gasteiger partial charge is 0.507 e. The van der Waals surface area contributed by atoms with E-state index in [1.165, 1.54) is 19.2 Å². The first-order valence-electron chi connectivity index (χ1n) is 7.75. The summed E-state index contributed by atoms with van der Waals surface area (Å²) in [6.07, 6.45) is 4.84. The highest BCUT2D eigenvalue weighted by molar-refractivity contribution is 6.06. The number of methoxy groups -OCH3 is 1. The molecule has 0 saturated carbocycles. The Bertz CT molecular complexity index is 900. The first-order chi connectivity index (χ1) is 12.6. The summed E-state index contributed by atoms with van der Waals surface area (Å²) in [5.74, 6) is 3.12. The highest BCUT2D eigenvalue weighted by atomic mass is 16.5. The normalized spacial score (nSPS) is 17.1. The molecule has 2 aromatic carbocycles. The van der Waals surface area contributed by atoms with Crippen LogP contribution in [0.2, 0.25) is 0 Å². The molecule has 0 bridgehead atoms. The Morgan fingerprint density at radius 3 is 2.73 bits per heavy atom. The van der Waals surface area contributed by atoms with E-state index in [9.17, 15) is 15.4 Å². The van der Waals surface area contributed by atoms with Gasteiger partial charge in [-0.3, -0.25) is 0 Å². The van der Waals surface area contributed by atoms with Gasteiger partial charge in [0.15, 0.2) is 11.5 Å². The first kappa shape index (κ1) is 17.3. The summed E-state index contributed by atoms with van der Waals surface area (Å²) in [6.45, 7) is 0.0367. The van der Waals surface area contributed by atoms with Crippen LogP contribution in [-0.4, -0.2) is 34.8 Å². The van der Waals surface area contributed by atoms with Crippen LogP contribution in [-0.2, 0) is 0 Å². The molecule has 7 nitrogen and oxygen atoms in total. The van der Waals surface area contributed by atoms with E-state index < -0.39 is 6.10 Å². The van der Waals surface area contributed by atoms with Crippen molar-refractivity contribution >= 4 is 5.71 Å². The van der Waals surface area contributed by atoms with Crippen molar-refractivity contribution < 1.29 is 29.6 Å². The van der Waals surface area contributed by atoms with Crippen LogP contribution in [0.15, 0.2) is 35.5 Å². The summed E-state index contributed by atoms with van der Waals surface area (Å²) >= 11 is 0. The van der Waals surface area contributed by atoms with Crippen LogP contribution < -0.4 is 14.2 Å². The zero-order valence-electron chi connectivity index (χ0n) is 14.0. The van der Waals surface area contributed by atoms with E-state index in [4.69, 9.17) is 20.6 Å². The van der Waals surface area contributed by atoms with Gasteiger partial charge in [-0.15, -0.1) is 6.42 Å². The lowest BCUT2D eigenvalue weighted by atomic mass is 9.94. The number of oxime groups is 1. The number of aromatic hydroxyl groups is 2. The zero-order valence-corrected chi connectivity index (χ0v) is 14.0. The zero-order chi connectivity index (χ0) is 18.7. The molecule has 0 spiro atoms. The molecular formula is C19H17NO6. The third-order valence-electron chi connectivity index (χ3n) is 4.01. The molecule has 2 aromatic rings. The molecule has 0 saturated heterocycles. The molecule has 134 valence electrons. The molecule has 0 radical (unpaired) electrons. The summed E-state index contributed by atoms with van der Waals surface area (Å²) < 4.78 is 16.3. The molecule has 3 N–H and O–H groups in total. The van der Waals surface area contributed by atoms with Crippen LogP contribution in [0.3, 0.4) is 0 Å². The lowest BCUT2D eigenvalue weighted by Crippen LogP contribution is -2.21. The first-order valence-corrected chi connectivity index (χ1v) is 7.75. The average molecular weight is 355 g/mol. The van der Waals surface area contributed by atoms with Gasteiger partial charge in [0.05, 0.1) is 18.4 Å². The summed E-state index contributed by atoms with van der Waals surface area (Å²) in [5, 5.41) is 32.9. The maximum absolute atomic E-state index is 10.2. The number of hydrogen-bond donors (Lipinski definition) is 3. The number of ether oxygens (including phenoxy) is 3. The van der Waals surface area contributed by atoms with Crippen LogP contribution in [0.1, 0.15) is 23.7 Å². The van der Waals surface area contributed by atoms with Crippen LogP contribution in [0, 0.1) is 12.3 Å². The Morgan fingerprint density at radius 1 is 1.27 bits per heavy atom. The van der Waals surface area contributed by atoms with Gasteiger partial charge >= 0.3 is 0 Å². The Kier molecular flexibility index (Phi) is 4.76. The maximum atomic E-state index is 10.2. The minimum absolute atomic E-state index is 0.0316. The molecule has 1 aliphatic rings. The molecule has 26 heavy (non-hydrogen) atoms. The molecule has 0 aliphatic carbocycles. The van der Waals surface area contributed by atoms with Gasteiger partial charge in [-0.1, -0.05) is 17.1 Å². The average Bonchev–Trinajstić information content (AvgIpc) is 2.65. The van der Waals surface area contributed by atoms with Gasteiger partial charge in [-0.25, -0.2) is 0 Å². The van der Waals surface area contributed by atoms with Gasteiger partial charge < -0.3 is 29.6 Å². The number of terminal acetylenes is 1. The molecule has 0 amide bonds. The second kappa shape index (κ2) is 7.15. The topological polar surface area (TPSA) is 101 Å². The van der Waals surface area contributed by atoms with Crippen molar-refractivity contribution in [1.82, 2.24) is 0 Å². The minimum atomic E-state index is -0.535. The second-order valence-corrected chi connectivity index (χ2v) is 5.60. The van der Waals surface area contributed by atoms with Crippen molar-refractivity contribution in [2.45, 2.75) is 12.5 Å². The molecule has 0 aromatic heterocycles. The molecule has 7 heteroatoms. The molecule has 1 atom stereocenters. The lowest BCUT2D eigenvalue weighted by Gasteiger charge is -2.28. The van der Waals surface area contributed by atoms with Gasteiger partial charge in [0.1, 0.15) is 30.0 Å². The van der Waals surface area contributed by atoms with E-state index >= 15 is 0 Å². The van der Waals surface area contributed by atoms with E-state index in [0.29, 0.717) is 17.1 Å². The molecular weight excluding hydrogens is 338 g/mol. The fraction of sp³-hybridized carbons (Fsp3) is 0.211. The third-order valence-corrected chi connectivity index (χ3v) is 4.01. The number of phenolic OH excluding ortho intramolecular Hbond substituents is 2. The summed E-state index contributed by atoms with van der Waals surface area (Å²) in [6, 6.07) is 7.81. The number of rotatable bonds is 4. The van der Waals surface area contributed by atoms with Gasteiger partial charge in [-0.2, -0.15) is 0 Å². The van der Waals surface area contributed by atoms with Gasteiger partial charge in [0.2, 0.25) is 0 Å². The van der Waals surface area contributed by atoms with E-state index in [1.807, 2.05) is 0 Å². The van der Waals surface area contributed by atoms with Crippen molar-refractivity contribution in [2.24, 2.45) is 5.16 Å². The molecule has 0 fully saturated rings. The fourth-order valence-electron chi connectivity index (χ4n) is 2.82. The molecule has 1 aliphatic heterocycles. The molecule has 3 rings (SSSR count). The van der Waals surface area contributed by atoms with Crippen molar-refractivity contribution in [3.63, 3.8) is 0 Å². The number of hydrogen-bond acceptors (Lipinski definition) is 7. The van der Waals surface area contributed by atoms with E-state index in [1.54, 1.807) is 18.2 Å².